The van der Waals surface area contributed by atoms with Crippen LogP contribution in [0, 0.1) is 6.92 Å². The van der Waals surface area contributed by atoms with Crippen molar-refractivity contribution >= 4 is 21.9 Å². The molecule has 0 unspecified atom stereocenters. The van der Waals surface area contributed by atoms with Crippen molar-refractivity contribution in [2.45, 2.75) is 20.0 Å². The highest BCUT2D eigenvalue weighted by atomic mass is 79.9. The maximum atomic E-state index is 12.2. The van der Waals surface area contributed by atoms with E-state index in [1.807, 2.05) is 0 Å². The van der Waals surface area contributed by atoms with Crippen LogP contribution in [0.2, 0.25) is 0 Å². The van der Waals surface area contributed by atoms with E-state index in [9.17, 15) is 13.6 Å². The van der Waals surface area contributed by atoms with Gasteiger partial charge in [-0.05, 0) is 40.0 Å². The zero-order chi connectivity index (χ0) is 13.0. The minimum absolute atomic E-state index is 0.0230. The third-order valence-electron chi connectivity index (χ3n) is 2.24. The number of halogens is 3. The van der Waals surface area contributed by atoms with Gasteiger partial charge in [-0.2, -0.15) is 8.78 Å². The Morgan fingerprint density at radius 3 is 2.65 bits per heavy atom. The number of methoxy groups -OCH3 is 1. The van der Waals surface area contributed by atoms with Gasteiger partial charge in [0.1, 0.15) is 5.75 Å². The number of carbonyl (C=O) groups excluding carboxylic acids is 1. The molecule has 1 rings (SSSR count). The number of hydrogen-bond donors (Lipinski definition) is 0. The third-order valence-corrected chi connectivity index (χ3v) is 2.86. The van der Waals surface area contributed by atoms with E-state index in [4.69, 9.17) is 0 Å². The highest BCUT2D eigenvalue weighted by molar-refractivity contribution is 9.10. The molecule has 0 aliphatic rings. The molecule has 1 aromatic rings. The molecule has 0 saturated carbocycles. The summed E-state index contributed by atoms with van der Waals surface area (Å²) in [7, 11) is 1.27. The summed E-state index contributed by atoms with van der Waals surface area (Å²) in [6.07, 6.45) is 0.0230. The van der Waals surface area contributed by atoms with E-state index >= 15 is 0 Å². The number of ether oxygens (including phenoxy) is 2. The van der Waals surface area contributed by atoms with Crippen molar-refractivity contribution < 1.29 is 23.0 Å². The second kappa shape index (κ2) is 5.95. The van der Waals surface area contributed by atoms with Crippen molar-refractivity contribution in [3.63, 3.8) is 0 Å². The Morgan fingerprint density at radius 2 is 2.12 bits per heavy atom. The first-order chi connectivity index (χ1) is 7.95. The Morgan fingerprint density at radius 1 is 1.47 bits per heavy atom. The molecule has 94 valence electrons. The first kappa shape index (κ1) is 13.9. The first-order valence-corrected chi connectivity index (χ1v) is 5.54. The smallest absolute Gasteiger partial charge is 0.387 e. The van der Waals surface area contributed by atoms with Gasteiger partial charge in [0.25, 0.3) is 0 Å². The molecule has 0 fully saturated rings. The Kier molecular flexibility index (Phi) is 4.86. The highest BCUT2D eigenvalue weighted by Crippen LogP contribution is 2.32. The lowest BCUT2D eigenvalue weighted by atomic mass is 10.1. The Balaban J connectivity index is 3.05. The molecule has 0 N–H and O–H groups in total. The quantitative estimate of drug-likeness (QED) is 0.802. The topological polar surface area (TPSA) is 35.5 Å². The Bertz CT molecular complexity index is 421. The second-order valence-electron chi connectivity index (χ2n) is 3.29. The molecular weight excluding hydrogens is 298 g/mol. The van der Waals surface area contributed by atoms with E-state index in [0.717, 1.165) is 0 Å². The van der Waals surface area contributed by atoms with Gasteiger partial charge in [0.05, 0.1) is 18.0 Å². The summed E-state index contributed by atoms with van der Waals surface area (Å²) >= 11 is 3.12. The predicted molar refractivity (Wildman–Crippen MR) is 61.2 cm³/mol. The predicted octanol–water partition coefficient (Wildman–Crippen LogP) is 3.07. The van der Waals surface area contributed by atoms with Gasteiger partial charge in [0, 0.05) is 0 Å². The Labute approximate surface area is 106 Å². The maximum absolute atomic E-state index is 12.2. The van der Waals surface area contributed by atoms with E-state index < -0.39 is 12.6 Å². The van der Waals surface area contributed by atoms with Crippen molar-refractivity contribution in [1.82, 2.24) is 0 Å². The molecule has 0 spiro atoms. The average Bonchev–Trinajstić information content (AvgIpc) is 2.27. The molecule has 17 heavy (non-hydrogen) atoms. The second-order valence-corrected chi connectivity index (χ2v) is 4.15. The van der Waals surface area contributed by atoms with E-state index in [1.54, 1.807) is 19.1 Å². The van der Waals surface area contributed by atoms with Crippen molar-refractivity contribution in [3.05, 3.63) is 27.7 Å². The van der Waals surface area contributed by atoms with Crippen LogP contribution in [0.1, 0.15) is 11.1 Å². The van der Waals surface area contributed by atoms with Gasteiger partial charge in [-0.25, -0.2) is 0 Å². The molecule has 1 aromatic carbocycles. The molecule has 0 aliphatic heterocycles. The van der Waals surface area contributed by atoms with Crippen LogP contribution in [-0.2, 0) is 16.0 Å². The Hall–Kier alpha value is -1.17. The molecule has 0 radical (unpaired) electrons. The van der Waals surface area contributed by atoms with Crippen LogP contribution >= 0.6 is 15.9 Å². The van der Waals surface area contributed by atoms with Crippen molar-refractivity contribution in [3.8, 4) is 5.75 Å². The summed E-state index contributed by atoms with van der Waals surface area (Å²) in [6, 6.07) is 3.22. The SMILES string of the molecule is COC(=O)Cc1ccc(Br)c(OC(F)F)c1C. The first-order valence-electron chi connectivity index (χ1n) is 4.75. The van der Waals surface area contributed by atoms with E-state index in [2.05, 4.69) is 25.4 Å². The monoisotopic (exact) mass is 308 g/mol. The van der Waals surface area contributed by atoms with Gasteiger partial charge in [0.15, 0.2) is 0 Å². The van der Waals surface area contributed by atoms with Crippen LogP contribution in [0.25, 0.3) is 0 Å². The third kappa shape index (κ3) is 3.66. The zero-order valence-corrected chi connectivity index (χ0v) is 10.9. The maximum Gasteiger partial charge on any atom is 0.387 e. The fraction of sp³-hybridized carbons (Fsp3) is 0.364. The fourth-order valence-corrected chi connectivity index (χ4v) is 1.88. The van der Waals surface area contributed by atoms with Crippen molar-refractivity contribution in [2.24, 2.45) is 0 Å². The van der Waals surface area contributed by atoms with Gasteiger partial charge in [-0.1, -0.05) is 6.07 Å². The lowest BCUT2D eigenvalue weighted by molar-refractivity contribution is -0.139. The summed E-state index contributed by atoms with van der Waals surface area (Å²) in [6.45, 7) is -1.29. The summed E-state index contributed by atoms with van der Waals surface area (Å²) < 4.78 is 33.8. The van der Waals surface area contributed by atoms with E-state index in [0.29, 0.717) is 15.6 Å². The van der Waals surface area contributed by atoms with Crippen molar-refractivity contribution in [1.29, 1.82) is 0 Å². The lowest BCUT2D eigenvalue weighted by Crippen LogP contribution is -2.09. The molecule has 0 aromatic heterocycles. The number of benzene rings is 1. The zero-order valence-electron chi connectivity index (χ0n) is 9.30. The summed E-state index contributed by atoms with van der Waals surface area (Å²) in [5, 5.41) is 0. The number of rotatable bonds is 4. The fourth-order valence-electron chi connectivity index (χ4n) is 1.35. The number of alkyl halides is 2. The van der Waals surface area contributed by atoms with Gasteiger partial charge in [0.2, 0.25) is 0 Å². The molecule has 0 saturated heterocycles. The molecule has 3 nitrogen and oxygen atoms in total. The van der Waals surface area contributed by atoms with Crippen LogP contribution in [0.4, 0.5) is 8.78 Å². The largest absolute Gasteiger partial charge is 0.469 e. The molecular formula is C11H11BrF2O3. The summed E-state index contributed by atoms with van der Waals surface area (Å²) in [5.41, 5.74) is 1.08. The summed E-state index contributed by atoms with van der Waals surface area (Å²) in [5.74, 6) is -0.389. The van der Waals surface area contributed by atoms with Crippen LogP contribution in [0.3, 0.4) is 0 Å². The molecule has 0 aliphatic carbocycles. The van der Waals surface area contributed by atoms with Gasteiger partial charge >= 0.3 is 12.6 Å². The van der Waals surface area contributed by atoms with Crippen molar-refractivity contribution in [2.75, 3.05) is 7.11 Å². The van der Waals surface area contributed by atoms with Gasteiger partial charge < -0.3 is 9.47 Å². The van der Waals surface area contributed by atoms with E-state index in [-0.39, 0.29) is 12.2 Å². The van der Waals surface area contributed by atoms with Crippen LogP contribution in [0.5, 0.6) is 5.75 Å². The van der Waals surface area contributed by atoms with Crippen LogP contribution in [-0.4, -0.2) is 19.7 Å². The van der Waals surface area contributed by atoms with Gasteiger partial charge in [-0.15, -0.1) is 0 Å². The van der Waals surface area contributed by atoms with E-state index in [1.165, 1.54) is 7.11 Å². The molecule has 0 bridgehead atoms. The minimum atomic E-state index is -2.90. The van der Waals surface area contributed by atoms with Crippen LogP contribution < -0.4 is 4.74 Å². The van der Waals surface area contributed by atoms with Crippen LogP contribution in [0.15, 0.2) is 16.6 Å². The highest BCUT2D eigenvalue weighted by Gasteiger charge is 2.15. The minimum Gasteiger partial charge on any atom is -0.469 e. The normalized spacial score (nSPS) is 10.5. The summed E-state index contributed by atoms with van der Waals surface area (Å²) in [4.78, 5) is 11.1. The number of carbonyl (C=O) groups is 1. The molecule has 0 heterocycles. The van der Waals surface area contributed by atoms with Gasteiger partial charge in [-0.3, -0.25) is 4.79 Å². The lowest BCUT2D eigenvalue weighted by Gasteiger charge is -2.13. The average molecular weight is 309 g/mol. The molecule has 0 atom stereocenters. The molecule has 6 heteroatoms. The molecule has 0 amide bonds. The number of hydrogen-bond acceptors (Lipinski definition) is 3. The number of esters is 1. The standard InChI is InChI=1S/C11H11BrF2O3/c1-6-7(5-9(15)16-2)3-4-8(12)10(6)17-11(13)14/h3-4,11H,5H2,1-2H3.